The van der Waals surface area contributed by atoms with Crippen LogP contribution in [-0.4, -0.2) is 24.8 Å². The molecule has 1 aliphatic rings. The number of ether oxygens (including phenoxy) is 2. The fraction of sp³-hybridized carbons (Fsp3) is 0.250. The summed E-state index contributed by atoms with van der Waals surface area (Å²) in [6, 6.07) is 15.6. The summed E-state index contributed by atoms with van der Waals surface area (Å²) in [6.07, 6.45) is 0. The summed E-state index contributed by atoms with van der Waals surface area (Å²) in [4.78, 5) is 29.1. The van der Waals surface area contributed by atoms with Crippen molar-refractivity contribution in [3.05, 3.63) is 81.0 Å². The molecule has 0 radical (unpaired) electrons. The molecule has 6 heteroatoms. The van der Waals surface area contributed by atoms with Gasteiger partial charge in [-0.1, -0.05) is 58.9 Å². The Morgan fingerprint density at radius 3 is 1.33 bits per heavy atom. The average molecular weight is 441 g/mol. The van der Waals surface area contributed by atoms with Gasteiger partial charge in [0.05, 0.1) is 13.2 Å². The van der Waals surface area contributed by atoms with Crippen molar-refractivity contribution in [3.63, 3.8) is 0 Å². The van der Waals surface area contributed by atoms with Crippen molar-refractivity contribution < 1.29 is 19.1 Å². The number of ketones is 2. The lowest BCUT2D eigenvalue weighted by atomic mass is 10.1. The van der Waals surface area contributed by atoms with Crippen molar-refractivity contribution in [1.82, 2.24) is 0 Å². The predicted molar refractivity (Wildman–Crippen MR) is 121 cm³/mol. The molecule has 156 valence electrons. The maximum Gasteiger partial charge on any atom is 0.264 e. The zero-order valence-corrected chi connectivity index (χ0v) is 19.1. The number of carbonyl (C=O) groups is 2. The van der Waals surface area contributed by atoms with Crippen LogP contribution in [0, 0.1) is 13.8 Å². The van der Waals surface area contributed by atoms with Crippen LogP contribution < -0.4 is 0 Å². The summed E-state index contributed by atoms with van der Waals surface area (Å²) in [5.41, 5.74) is 2.25. The first-order valence-corrected chi connectivity index (χ1v) is 11.4. The minimum absolute atomic E-state index is 0.0600. The van der Waals surface area contributed by atoms with Crippen LogP contribution in [0.25, 0.3) is 0 Å². The molecule has 2 aromatic rings. The van der Waals surface area contributed by atoms with Gasteiger partial charge in [0.25, 0.3) is 5.78 Å². The number of allylic oxidation sites excluding steroid dienone is 2. The molecular formula is C24H24O4S2. The highest BCUT2D eigenvalue weighted by Gasteiger charge is 2.38. The summed E-state index contributed by atoms with van der Waals surface area (Å²) in [7, 11) is 0. The van der Waals surface area contributed by atoms with Gasteiger partial charge >= 0.3 is 0 Å². The average Bonchev–Trinajstić information content (AvgIpc) is 2.74. The molecule has 0 spiro atoms. The molecule has 0 aliphatic heterocycles. The van der Waals surface area contributed by atoms with Crippen LogP contribution in [0.4, 0.5) is 0 Å². The van der Waals surface area contributed by atoms with E-state index in [1.165, 1.54) is 23.5 Å². The standard InChI is InChI=1S/C24H24O4S2/c1-5-27-21-19(25)22(28-6-2)24(30-18-13-9-16(4)10-14-18)20(26)23(21)29-17-11-7-15(3)8-12-17/h7-14H,5-6H2,1-4H3. The van der Waals surface area contributed by atoms with Crippen molar-refractivity contribution >= 4 is 35.1 Å². The van der Waals surface area contributed by atoms with E-state index in [0.717, 1.165) is 20.9 Å². The molecule has 30 heavy (non-hydrogen) atoms. The molecule has 0 unspecified atom stereocenters. The Bertz CT molecular complexity index is 923. The number of rotatable bonds is 8. The summed E-state index contributed by atoms with van der Waals surface area (Å²) < 4.78 is 11.3. The van der Waals surface area contributed by atoms with Crippen molar-refractivity contribution in [3.8, 4) is 0 Å². The quantitative estimate of drug-likeness (QED) is 0.481. The minimum Gasteiger partial charge on any atom is -0.488 e. The van der Waals surface area contributed by atoms with Gasteiger partial charge in [0.15, 0.2) is 11.5 Å². The maximum absolute atomic E-state index is 13.5. The number of benzene rings is 2. The third-order valence-corrected chi connectivity index (χ3v) is 6.46. The van der Waals surface area contributed by atoms with Crippen molar-refractivity contribution in [2.24, 2.45) is 0 Å². The van der Waals surface area contributed by atoms with Gasteiger partial charge in [-0.3, -0.25) is 9.59 Å². The second kappa shape index (κ2) is 10.0. The first kappa shape index (κ1) is 22.2. The van der Waals surface area contributed by atoms with Crippen LogP contribution in [0.5, 0.6) is 0 Å². The van der Waals surface area contributed by atoms with Gasteiger partial charge in [-0.05, 0) is 52.0 Å². The number of aryl methyl sites for hydroxylation is 2. The molecule has 0 fully saturated rings. The Morgan fingerprint density at radius 1 is 0.633 bits per heavy atom. The van der Waals surface area contributed by atoms with Crippen LogP contribution in [0.1, 0.15) is 25.0 Å². The van der Waals surface area contributed by atoms with E-state index in [-0.39, 0.29) is 36.3 Å². The summed E-state index contributed by atoms with van der Waals surface area (Å²) in [6.45, 7) is 8.15. The van der Waals surface area contributed by atoms with E-state index in [0.29, 0.717) is 9.81 Å². The first-order valence-electron chi connectivity index (χ1n) is 9.77. The van der Waals surface area contributed by atoms with Crippen LogP contribution in [0.2, 0.25) is 0 Å². The van der Waals surface area contributed by atoms with Gasteiger partial charge in [-0.15, -0.1) is 0 Å². The van der Waals surface area contributed by atoms with Crippen molar-refractivity contribution in [2.75, 3.05) is 13.2 Å². The van der Waals surface area contributed by atoms with Gasteiger partial charge in [0.1, 0.15) is 9.81 Å². The van der Waals surface area contributed by atoms with E-state index in [2.05, 4.69) is 0 Å². The van der Waals surface area contributed by atoms with Gasteiger partial charge < -0.3 is 9.47 Å². The molecule has 4 nitrogen and oxygen atoms in total. The zero-order valence-electron chi connectivity index (χ0n) is 17.5. The van der Waals surface area contributed by atoms with E-state index < -0.39 is 0 Å². The van der Waals surface area contributed by atoms with Crippen molar-refractivity contribution in [1.29, 1.82) is 0 Å². The van der Waals surface area contributed by atoms with Crippen LogP contribution in [0.3, 0.4) is 0 Å². The van der Waals surface area contributed by atoms with E-state index in [1.807, 2.05) is 62.4 Å². The molecule has 0 amide bonds. The monoisotopic (exact) mass is 440 g/mol. The Kier molecular flexibility index (Phi) is 7.45. The smallest absolute Gasteiger partial charge is 0.264 e. The molecule has 1 aliphatic carbocycles. The van der Waals surface area contributed by atoms with E-state index in [1.54, 1.807) is 13.8 Å². The van der Waals surface area contributed by atoms with Gasteiger partial charge in [0, 0.05) is 9.79 Å². The Balaban J connectivity index is 2.03. The Hall–Kier alpha value is -2.44. The van der Waals surface area contributed by atoms with Crippen molar-refractivity contribution in [2.45, 2.75) is 37.5 Å². The molecule has 0 saturated carbocycles. The number of Topliss-reactive ketones (excluding diaryl/α,β-unsaturated/α-hetero) is 2. The molecule has 2 aromatic carbocycles. The molecule has 0 heterocycles. The van der Waals surface area contributed by atoms with Gasteiger partial charge in [0.2, 0.25) is 5.78 Å². The van der Waals surface area contributed by atoms with Gasteiger partial charge in [-0.2, -0.15) is 0 Å². The fourth-order valence-corrected chi connectivity index (χ4v) is 4.76. The third kappa shape index (κ3) is 4.99. The molecular weight excluding hydrogens is 416 g/mol. The Morgan fingerprint density at radius 2 is 1.00 bits per heavy atom. The molecule has 0 saturated heterocycles. The highest BCUT2D eigenvalue weighted by Crippen LogP contribution is 2.42. The number of hydrogen-bond acceptors (Lipinski definition) is 6. The fourth-order valence-electron chi connectivity index (χ4n) is 2.80. The number of carbonyl (C=O) groups excluding carboxylic acids is 2. The largest absolute Gasteiger partial charge is 0.488 e. The molecule has 0 aromatic heterocycles. The topological polar surface area (TPSA) is 52.6 Å². The summed E-state index contributed by atoms with van der Waals surface area (Å²) in [5, 5.41) is 0. The summed E-state index contributed by atoms with van der Waals surface area (Å²) in [5.74, 6) is -0.519. The lowest BCUT2D eigenvalue weighted by Crippen LogP contribution is -2.25. The van der Waals surface area contributed by atoms with Crippen LogP contribution >= 0.6 is 23.5 Å². The zero-order chi connectivity index (χ0) is 21.7. The normalized spacial score (nSPS) is 14.4. The van der Waals surface area contributed by atoms with Crippen LogP contribution in [0.15, 0.2) is 79.7 Å². The highest BCUT2D eigenvalue weighted by atomic mass is 32.2. The lowest BCUT2D eigenvalue weighted by Gasteiger charge is -2.22. The maximum atomic E-state index is 13.5. The van der Waals surface area contributed by atoms with E-state index in [4.69, 9.17) is 9.47 Å². The summed E-state index contributed by atoms with van der Waals surface area (Å²) >= 11 is 2.50. The second-order valence-corrected chi connectivity index (χ2v) is 8.84. The molecule has 3 rings (SSSR count). The second-order valence-electron chi connectivity index (χ2n) is 6.67. The molecule has 0 N–H and O–H groups in total. The van der Waals surface area contributed by atoms with Crippen LogP contribution in [-0.2, 0) is 19.1 Å². The SMILES string of the molecule is CCOC1=C(Sc2ccc(C)cc2)C(=O)C(Sc2ccc(C)cc2)=C(OCC)C1=O. The highest BCUT2D eigenvalue weighted by molar-refractivity contribution is 8.06. The lowest BCUT2D eigenvalue weighted by molar-refractivity contribution is -0.121. The number of hydrogen-bond donors (Lipinski definition) is 0. The third-order valence-electron chi connectivity index (χ3n) is 4.30. The number of thioether (sulfide) groups is 2. The van der Waals surface area contributed by atoms with E-state index in [9.17, 15) is 9.59 Å². The molecule has 0 bridgehead atoms. The first-order chi connectivity index (χ1) is 14.4. The van der Waals surface area contributed by atoms with E-state index >= 15 is 0 Å². The van der Waals surface area contributed by atoms with Gasteiger partial charge in [-0.25, -0.2) is 0 Å². The predicted octanol–water partition coefficient (Wildman–Crippen LogP) is 5.84. The Labute approximate surface area is 185 Å². The molecule has 0 atom stereocenters. The minimum atomic E-state index is -0.387.